The third kappa shape index (κ3) is 4.02. The van der Waals surface area contributed by atoms with Gasteiger partial charge in [0.05, 0.1) is 6.07 Å². The normalized spacial score (nSPS) is 10.3. The van der Waals surface area contributed by atoms with Crippen LogP contribution in [-0.2, 0) is 13.3 Å². The van der Waals surface area contributed by atoms with Crippen LogP contribution in [0.2, 0.25) is 0 Å². The lowest BCUT2D eigenvalue weighted by atomic mass is 10.3. The van der Waals surface area contributed by atoms with Crippen molar-refractivity contribution < 1.29 is 18.3 Å². The fraction of sp³-hybridized carbons (Fsp3) is 0.125. The third-order valence-corrected chi connectivity index (χ3v) is 3.23. The SMILES string of the molecule is N#CCn1ccc(NC(=O)c2ccn(COc3ccc(F)cc3F)n2)n1. The maximum atomic E-state index is 13.5. The highest BCUT2D eigenvalue weighted by atomic mass is 19.1. The Labute approximate surface area is 146 Å². The van der Waals surface area contributed by atoms with Gasteiger partial charge in [0.2, 0.25) is 0 Å². The van der Waals surface area contributed by atoms with E-state index in [1.807, 2.05) is 6.07 Å². The molecule has 0 bridgehead atoms. The summed E-state index contributed by atoms with van der Waals surface area (Å²) in [5.41, 5.74) is 0.100. The second-order valence-corrected chi connectivity index (χ2v) is 5.10. The first-order valence-corrected chi connectivity index (χ1v) is 7.38. The van der Waals surface area contributed by atoms with Gasteiger partial charge in [-0.05, 0) is 18.2 Å². The van der Waals surface area contributed by atoms with Crippen LogP contribution in [0.15, 0.2) is 42.7 Å². The summed E-state index contributed by atoms with van der Waals surface area (Å²) in [6.07, 6.45) is 3.03. The van der Waals surface area contributed by atoms with E-state index in [4.69, 9.17) is 10.00 Å². The predicted molar refractivity (Wildman–Crippen MR) is 85.0 cm³/mol. The van der Waals surface area contributed by atoms with Crippen molar-refractivity contribution in [1.82, 2.24) is 19.6 Å². The number of benzene rings is 1. The Morgan fingerprint density at radius 2 is 2.00 bits per heavy atom. The van der Waals surface area contributed by atoms with Crippen LogP contribution in [0.5, 0.6) is 5.75 Å². The van der Waals surface area contributed by atoms with Crippen molar-refractivity contribution in [2.24, 2.45) is 0 Å². The molecule has 1 N–H and O–H groups in total. The lowest BCUT2D eigenvalue weighted by molar-refractivity contribution is 0.101. The van der Waals surface area contributed by atoms with Crippen LogP contribution in [-0.4, -0.2) is 25.5 Å². The van der Waals surface area contributed by atoms with Gasteiger partial charge in [-0.1, -0.05) is 0 Å². The van der Waals surface area contributed by atoms with Crippen molar-refractivity contribution in [2.45, 2.75) is 13.3 Å². The zero-order chi connectivity index (χ0) is 18.5. The molecule has 0 unspecified atom stereocenters. The molecule has 0 aliphatic carbocycles. The molecule has 2 heterocycles. The number of carbonyl (C=O) groups is 1. The van der Waals surface area contributed by atoms with Crippen molar-refractivity contribution in [1.29, 1.82) is 5.26 Å². The minimum absolute atomic E-state index is 0.0712. The van der Waals surface area contributed by atoms with Crippen LogP contribution in [0.4, 0.5) is 14.6 Å². The smallest absolute Gasteiger partial charge is 0.277 e. The van der Waals surface area contributed by atoms with Crippen molar-refractivity contribution in [3.05, 3.63) is 60.1 Å². The molecule has 0 atom stereocenters. The molecule has 3 rings (SSSR count). The Hall–Kier alpha value is -3.74. The zero-order valence-corrected chi connectivity index (χ0v) is 13.3. The quantitative estimate of drug-likeness (QED) is 0.728. The molecule has 10 heteroatoms. The fourth-order valence-corrected chi connectivity index (χ4v) is 2.05. The average molecular weight is 358 g/mol. The van der Waals surface area contributed by atoms with E-state index in [1.54, 1.807) is 12.3 Å². The van der Waals surface area contributed by atoms with Crippen molar-refractivity contribution in [3.8, 4) is 11.8 Å². The fourth-order valence-electron chi connectivity index (χ4n) is 2.05. The standard InChI is InChI=1S/C16H12F2N6O2/c17-11-1-2-14(12(18)9-11)26-10-24-6-3-13(21-24)16(25)20-15-4-7-23(22-15)8-5-19/h1-4,6-7,9H,8,10H2,(H,20,22,25). The van der Waals surface area contributed by atoms with E-state index < -0.39 is 17.5 Å². The minimum atomic E-state index is -0.830. The first-order chi connectivity index (χ1) is 12.5. The van der Waals surface area contributed by atoms with Crippen LogP contribution in [0, 0.1) is 23.0 Å². The van der Waals surface area contributed by atoms with Crippen LogP contribution >= 0.6 is 0 Å². The summed E-state index contributed by atoms with van der Waals surface area (Å²) in [6.45, 7) is -0.0889. The maximum absolute atomic E-state index is 13.5. The molecule has 0 spiro atoms. The highest BCUT2D eigenvalue weighted by Crippen LogP contribution is 2.18. The van der Waals surface area contributed by atoms with E-state index >= 15 is 0 Å². The van der Waals surface area contributed by atoms with Gasteiger partial charge in [-0.2, -0.15) is 15.5 Å². The highest BCUT2D eigenvalue weighted by molar-refractivity contribution is 6.02. The molecular weight excluding hydrogens is 346 g/mol. The molecular formula is C16H12F2N6O2. The number of amides is 1. The molecule has 0 radical (unpaired) electrons. The van der Waals surface area contributed by atoms with Crippen LogP contribution in [0.25, 0.3) is 0 Å². The minimum Gasteiger partial charge on any atom is -0.468 e. The number of carbonyl (C=O) groups excluding carboxylic acids is 1. The molecule has 26 heavy (non-hydrogen) atoms. The van der Waals surface area contributed by atoms with Gasteiger partial charge in [0.25, 0.3) is 5.91 Å². The number of rotatable bonds is 6. The number of hydrogen-bond donors (Lipinski definition) is 1. The Kier molecular flexibility index (Phi) is 4.89. The van der Waals surface area contributed by atoms with E-state index in [1.165, 1.54) is 27.7 Å². The van der Waals surface area contributed by atoms with Gasteiger partial charge in [0.1, 0.15) is 12.4 Å². The van der Waals surface area contributed by atoms with Gasteiger partial charge >= 0.3 is 0 Å². The Morgan fingerprint density at radius 1 is 1.19 bits per heavy atom. The Morgan fingerprint density at radius 3 is 2.77 bits per heavy atom. The molecule has 0 aliphatic rings. The monoisotopic (exact) mass is 358 g/mol. The first kappa shape index (κ1) is 17.1. The second kappa shape index (κ2) is 7.43. The number of halogens is 2. The number of nitrogens with zero attached hydrogens (tertiary/aromatic N) is 5. The molecule has 0 saturated heterocycles. The summed E-state index contributed by atoms with van der Waals surface area (Å²) in [6, 6.07) is 7.88. The maximum Gasteiger partial charge on any atom is 0.277 e. The summed E-state index contributed by atoms with van der Waals surface area (Å²) in [7, 11) is 0. The van der Waals surface area contributed by atoms with Crippen LogP contribution < -0.4 is 10.1 Å². The van der Waals surface area contributed by atoms with Gasteiger partial charge in [0, 0.05) is 24.5 Å². The van der Waals surface area contributed by atoms with E-state index in [0.29, 0.717) is 6.07 Å². The topological polar surface area (TPSA) is 97.8 Å². The summed E-state index contributed by atoms with van der Waals surface area (Å²) in [5, 5.41) is 19.1. The van der Waals surface area contributed by atoms with Gasteiger partial charge in [0.15, 0.2) is 29.8 Å². The first-order valence-electron chi connectivity index (χ1n) is 7.38. The van der Waals surface area contributed by atoms with Gasteiger partial charge in [-0.15, -0.1) is 0 Å². The Balaban J connectivity index is 1.59. The number of anilines is 1. The number of nitriles is 1. The highest BCUT2D eigenvalue weighted by Gasteiger charge is 2.12. The number of ether oxygens (including phenoxy) is 1. The largest absolute Gasteiger partial charge is 0.468 e. The molecule has 0 fully saturated rings. The summed E-state index contributed by atoms with van der Waals surface area (Å²) < 4.78 is 34.2. The molecule has 3 aromatic rings. The molecule has 1 aromatic carbocycles. The van der Waals surface area contributed by atoms with Gasteiger partial charge < -0.3 is 10.1 Å². The lowest BCUT2D eigenvalue weighted by Gasteiger charge is -2.07. The Bertz CT molecular complexity index is 975. The number of hydrogen-bond acceptors (Lipinski definition) is 5. The van der Waals surface area contributed by atoms with Gasteiger partial charge in [-0.25, -0.2) is 13.5 Å². The molecule has 2 aromatic heterocycles. The molecule has 1 amide bonds. The summed E-state index contributed by atoms with van der Waals surface area (Å²) >= 11 is 0. The second-order valence-electron chi connectivity index (χ2n) is 5.10. The lowest BCUT2D eigenvalue weighted by Crippen LogP contribution is -2.15. The number of aromatic nitrogens is 4. The van der Waals surface area contributed by atoms with Crippen molar-refractivity contribution in [3.63, 3.8) is 0 Å². The molecule has 0 aliphatic heterocycles. The zero-order valence-electron chi connectivity index (χ0n) is 13.3. The summed E-state index contributed by atoms with van der Waals surface area (Å²) in [5.74, 6) is -1.88. The van der Waals surface area contributed by atoms with E-state index in [-0.39, 0.29) is 30.5 Å². The number of nitrogens with one attached hydrogen (secondary N) is 1. The predicted octanol–water partition coefficient (Wildman–Crippen LogP) is 2.17. The summed E-state index contributed by atoms with van der Waals surface area (Å²) in [4.78, 5) is 12.1. The van der Waals surface area contributed by atoms with E-state index in [2.05, 4.69) is 15.5 Å². The molecule has 0 saturated carbocycles. The van der Waals surface area contributed by atoms with Crippen molar-refractivity contribution in [2.75, 3.05) is 5.32 Å². The van der Waals surface area contributed by atoms with Crippen LogP contribution in [0.1, 0.15) is 10.5 Å². The molecule has 132 valence electrons. The van der Waals surface area contributed by atoms with E-state index in [0.717, 1.165) is 6.07 Å². The van der Waals surface area contributed by atoms with Crippen molar-refractivity contribution >= 4 is 11.7 Å². The van der Waals surface area contributed by atoms with Gasteiger partial charge in [-0.3, -0.25) is 9.48 Å². The molecule has 8 nitrogen and oxygen atoms in total. The average Bonchev–Trinajstić information content (AvgIpc) is 3.24. The van der Waals surface area contributed by atoms with E-state index in [9.17, 15) is 13.6 Å². The third-order valence-electron chi connectivity index (χ3n) is 3.23. The van der Waals surface area contributed by atoms with Crippen LogP contribution in [0.3, 0.4) is 0 Å².